The summed E-state index contributed by atoms with van der Waals surface area (Å²) in [5, 5.41) is 2.35. The summed E-state index contributed by atoms with van der Waals surface area (Å²) in [6.07, 6.45) is 0. The summed E-state index contributed by atoms with van der Waals surface area (Å²) in [4.78, 5) is 12.4. The van der Waals surface area contributed by atoms with Crippen molar-refractivity contribution in [3.8, 4) is 5.75 Å². The van der Waals surface area contributed by atoms with Gasteiger partial charge < -0.3 is 15.5 Å². The van der Waals surface area contributed by atoms with E-state index in [4.69, 9.17) is 4.74 Å². The lowest BCUT2D eigenvalue weighted by Gasteiger charge is -2.14. The van der Waals surface area contributed by atoms with Crippen LogP contribution in [0.5, 0.6) is 5.75 Å². The number of nitrogens with one attached hydrogen (secondary N) is 3. The Labute approximate surface area is 151 Å². The Kier molecular flexibility index (Phi) is 5.91. The lowest BCUT2D eigenvalue weighted by molar-refractivity contribution is -0.114. The van der Waals surface area contributed by atoms with Crippen molar-refractivity contribution in [3.05, 3.63) is 47.5 Å². The number of anilines is 2. The van der Waals surface area contributed by atoms with Gasteiger partial charge in [0.2, 0.25) is 5.91 Å². The van der Waals surface area contributed by atoms with Crippen LogP contribution in [0.15, 0.2) is 29.2 Å². The second kappa shape index (κ2) is 7.80. The summed E-state index contributed by atoms with van der Waals surface area (Å²) in [5.41, 5.74) is 0.265. The van der Waals surface area contributed by atoms with Gasteiger partial charge in [-0.25, -0.2) is 26.0 Å². The second-order valence-electron chi connectivity index (χ2n) is 5.12. The third-order valence-corrected chi connectivity index (χ3v) is 4.46. The quantitative estimate of drug-likeness (QED) is 0.389. The van der Waals surface area contributed by atoms with E-state index in [2.05, 4.69) is 5.32 Å². The normalized spacial score (nSPS) is 11.2. The van der Waals surface area contributed by atoms with E-state index >= 15 is 0 Å². The van der Waals surface area contributed by atoms with Crippen molar-refractivity contribution in [2.75, 3.05) is 17.9 Å². The topological polar surface area (TPSA) is 96.5 Å². The minimum absolute atomic E-state index is 0.0158. The molecule has 0 saturated carbocycles. The molecule has 0 spiro atoms. The number of sulfonamides is 1. The lowest BCUT2D eigenvalue weighted by atomic mass is 10.2. The van der Waals surface area contributed by atoms with Crippen molar-refractivity contribution >= 4 is 27.3 Å². The highest BCUT2D eigenvalue weighted by Gasteiger charge is 2.22. The van der Waals surface area contributed by atoms with Crippen LogP contribution in [0, 0.1) is 23.3 Å². The molecule has 7 nitrogen and oxygen atoms in total. The van der Waals surface area contributed by atoms with Gasteiger partial charge in [-0.15, -0.1) is 4.83 Å². The maximum absolute atomic E-state index is 13.6. The minimum atomic E-state index is -4.45. The molecular weight excluding hydrogens is 394 g/mol. The number of carbonyl (C=O) groups excluding carboxylic acids is 1. The highest BCUT2D eigenvalue weighted by molar-refractivity contribution is 7.89. The first-order valence-electron chi connectivity index (χ1n) is 7.13. The number of ether oxygens (including phenoxy) is 1. The highest BCUT2D eigenvalue weighted by atomic mass is 32.2. The molecular formula is C15H13F4N3O4S. The van der Waals surface area contributed by atoms with E-state index in [0.29, 0.717) is 0 Å². The molecule has 0 aromatic heterocycles. The van der Waals surface area contributed by atoms with Gasteiger partial charge in [-0.05, 0) is 18.2 Å². The lowest BCUT2D eigenvalue weighted by Crippen LogP contribution is -2.31. The van der Waals surface area contributed by atoms with Crippen molar-refractivity contribution in [2.24, 2.45) is 0 Å². The van der Waals surface area contributed by atoms with E-state index in [-0.39, 0.29) is 17.5 Å². The van der Waals surface area contributed by atoms with Crippen molar-refractivity contribution in [1.82, 2.24) is 4.83 Å². The molecule has 0 aliphatic rings. The summed E-state index contributed by atoms with van der Waals surface area (Å²) in [5.74, 6) is -7.41. The third kappa shape index (κ3) is 4.46. The van der Waals surface area contributed by atoms with E-state index in [9.17, 15) is 30.8 Å². The van der Waals surface area contributed by atoms with Crippen LogP contribution in [0.4, 0.5) is 28.9 Å². The van der Waals surface area contributed by atoms with Crippen LogP contribution in [0.25, 0.3) is 0 Å². The fourth-order valence-corrected chi connectivity index (χ4v) is 2.88. The smallest absolute Gasteiger partial charge is 0.257 e. The van der Waals surface area contributed by atoms with Crippen LogP contribution in [0.3, 0.4) is 0 Å². The van der Waals surface area contributed by atoms with Crippen LogP contribution in [0.2, 0.25) is 0 Å². The first-order chi connectivity index (χ1) is 12.6. The Bertz CT molecular complexity index is 973. The molecule has 2 aromatic carbocycles. The predicted molar refractivity (Wildman–Crippen MR) is 87.5 cm³/mol. The fourth-order valence-electron chi connectivity index (χ4n) is 2.00. The maximum Gasteiger partial charge on any atom is 0.257 e. The monoisotopic (exact) mass is 407 g/mol. The summed E-state index contributed by atoms with van der Waals surface area (Å²) in [6, 6.07) is 3.30. The number of amides is 1. The first kappa shape index (κ1) is 20.5. The van der Waals surface area contributed by atoms with Crippen LogP contribution >= 0.6 is 0 Å². The molecule has 27 heavy (non-hydrogen) atoms. The van der Waals surface area contributed by atoms with E-state index < -0.39 is 49.8 Å². The molecule has 0 unspecified atom stereocenters. The van der Waals surface area contributed by atoms with Gasteiger partial charge in [0.15, 0.2) is 23.3 Å². The van der Waals surface area contributed by atoms with Crippen molar-refractivity contribution in [3.63, 3.8) is 0 Å². The van der Waals surface area contributed by atoms with E-state index in [1.807, 2.05) is 0 Å². The molecule has 2 aromatic rings. The van der Waals surface area contributed by atoms with Gasteiger partial charge in [0.25, 0.3) is 10.0 Å². The highest BCUT2D eigenvalue weighted by Crippen LogP contribution is 2.28. The number of hydrazine groups is 1. The summed E-state index contributed by atoms with van der Waals surface area (Å²) < 4.78 is 83.0. The SMILES string of the molecule is COc1ccc(S(=O)(=O)NNc2c(F)c(F)cc(F)c2F)cc1NC(C)=O. The van der Waals surface area contributed by atoms with Crippen molar-refractivity contribution in [2.45, 2.75) is 11.8 Å². The molecule has 0 radical (unpaired) electrons. The Morgan fingerprint density at radius 2 is 1.63 bits per heavy atom. The van der Waals surface area contributed by atoms with Gasteiger partial charge in [-0.3, -0.25) is 4.79 Å². The maximum atomic E-state index is 13.6. The van der Waals surface area contributed by atoms with E-state index in [0.717, 1.165) is 12.1 Å². The zero-order chi connectivity index (χ0) is 20.4. The van der Waals surface area contributed by atoms with Crippen molar-refractivity contribution < 1.29 is 35.5 Å². The number of halogens is 4. The zero-order valence-electron chi connectivity index (χ0n) is 13.9. The number of methoxy groups -OCH3 is 1. The number of carbonyl (C=O) groups is 1. The molecule has 0 bridgehead atoms. The summed E-state index contributed by atoms with van der Waals surface area (Å²) >= 11 is 0. The number of hydrogen-bond donors (Lipinski definition) is 3. The average Bonchev–Trinajstić information content (AvgIpc) is 2.59. The molecule has 0 aliphatic heterocycles. The Morgan fingerprint density at radius 1 is 1.04 bits per heavy atom. The number of hydrogen-bond acceptors (Lipinski definition) is 5. The standard InChI is InChI=1S/C15H13F4N3O4S/c1-7(23)20-11-5-8(3-4-12(11)26-2)27(24,25)22-21-15-13(18)9(16)6-10(17)14(15)19/h3-6,21-22H,1-2H3,(H,20,23). The molecule has 0 atom stereocenters. The molecule has 2 rings (SSSR count). The van der Waals surface area contributed by atoms with Crippen LogP contribution in [-0.4, -0.2) is 21.4 Å². The first-order valence-corrected chi connectivity index (χ1v) is 8.61. The molecule has 0 aliphatic carbocycles. The van der Waals surface area contributed by atoms with Gasteiger partial charge in [0.05, 0.1) is 17.7 Å². The van der Waals surface area contributed by atoms with Gasteiger partial charge in [0, 0.05) is 13.0 Å². The predicted octanol–water partition coefficient (Wildman–Crippen LogP) is 2.52. The molecule has 0 saturated heterocycles. The van der Waals surface area contributed by atoms with Gasteiger partial charge in [0.1, 0.15) is 11.4 Å². The van der Waals surface area contributed by atoms with Gasteiger partial charge in [-0.1, -0.05) is 0 Å². The molecule has 12 heteroatoms. The van der Waals surface area contributed by atoms with Crippen LogP contribution < -0.4 is 20.3 Å². The molecule has 146 valence electrons. The number of rotatable bonds is 6. The summed E-state index contributed by atoms with van der Waals surface area (Å²) in [6.45, 7) is 1.18. The Hall–Kier alpha value is -2.86. The largest absolute Gasteiger partial charge is 0.495 e. The molecule has 1 amide bonds. The number of benzene rings is 2. The second-order valence-corrected chi connectivity index (χ2v) is 6.80. The molecule has 0 heterocycles. The third-order valence-electron chi connectivity index (χ3n) is 3.21. The van der Waals surface area contributed by atoms with Gasteiger partial charge >= 0.3 is 0 Å². The fraction of sp³-hybridized carbons (Fsp3) is 0.133. The minimum Gasteiger partial charge on any atom is -0.495 e. The Balaban J connectivity index is 2.34. The van der Waals surface area contributed by atoms with Gasteiger partial charge in [-0.2, -0.15) is 0 Å². The van der Waals surface area contributed by atoms with E-state index in [1.165, 1.54) is 20.1 Å². The summed E-state index contributed by atoms with van der Waals surface area (Å²) in [7, 11) is -3.16. The zero-order valence-corrected chi connectivity index (χ0v) is 14.7. The van der Waals surface area contributed by atoms with Crippen LogP contribution in [0.1, 0.15) is 6.92 Å². The van der Waals surface area contributed by atoms with Crippen molar-refractivity contribution in [1.29, 1.82) is 0 Å². The average molecular weight is 407 g/mol. The molecule has 0 fully saturated rings. The Morgan fingerprint density at radius 3 is 2.15 bits per heavy atom. The molecule has 3 N–H and O–H groups in total. The van der Waals surface area contributed by atoms with Crippen LogP contribution in [-0.2, 0) is 14.8 Å². The van der Waals surface area contributed by atoms with E-state index in [1.54, 1.807) is 10.3 Å².